The van der Waals surface area contributed by atoms with Crippen LogP contribution in [-0.2, 0) is 13.5 Å². The Balaban J connectivity index is 1.64. The van der Waals surface area contributed by atoms with Gasteiger partial charge in [0.2, 0.25) is 5.95 Å². The zero-order chi connectivity index (χ0) is 19.3. The van der Waals surface area contributed by atoms with Crippen LogP contribution in [0.1, 0.15) is 5.69 Å². The third kappa shape index (κ3) is 4.02. The molecule has 0 radical (unpaired) electrons. The number of nitrogens with one attached hydrogen (secondary N) is 1. The molecular formula is C21H19ClN6. The monoisotopic (exact) mass is 390 g/mol. The van der Waals surface area contributed by atoms with Crippen LogP contribution in [-0.4, -0.2) is 31.0 Å². The number of pyridine rings is 1. The molecule has 0 aliphatic carbocycles. The highest BCUT2D eigenvalue weighted by atomic mass is 35.5. The molecule has 4 aromatic rings. The van der Waals surface area contributed by atoms with E-state index in [1.807, 2.05) is 66.5 Å². The van der Waals surface area contributed by atoms with Gasteiger partial charge in [-0.15, -0.1) is 0 Å². The van der Waals surface area contributed by atoms with Crippen LogP contribution >= 0.6 is 11.6 Å². The molecule has 0 spiro atoms. The van der Waals surface area contributed by atoms with Gasteiger partial charge in [-0.3, -0.25) is 4.98 Å². The molecule has 0 saturated heterocycles. The predicted molar refractivity (Wildman–Crippen MR) is 111 cm³/mol. The fraction of sp³-hybridized carbons (Fsp3) is 0.143. The fourth-order valence-corrected chi connectivity index (χ4v) is 3.14. The lowest BCUT2D eigenvalue weighted by Gasteiger charge is -2.12. The minimum atomic E-state index is 0.555. The van der Waals surface area contributed by atoms with E-state index in [1.165, 1.54) is 0 Å². The van der Waals surface area contributed by atoms with E-state index in [4.69, 9.17) is 16.6 Å². The van der Waals surface area contributed by atoms with Crippen molar-refractivity contribution < 1.29 is 0 Å². The molecule has 1 N–H and O–H groups in total. The summed E-state index contributed by atoms with van der Waals surface area (Å²) in [5.74, 6) is 1.32. The summed E-state index contributed by atoms with van der Waals surface area (Å²) in [6, 6.07) is 13.6. The molecule has 0 amide bonds. The maximum Gasteiger partial charge on any atom is 0.223 e. The van der Waals surface area contributed by atoms with Gasteiger partial charge in [0, 0.05) is 61.1 Å². The summed E-state index contributed by atoms with van der Waals surface area (Å²) in [5, 5.41) is 3.95. The van der Waals surface area contributed by atoms with Crippen molar-refractivity contribution in [1.29, 1.82) is 0 Å². The third-order valence-electron chi connectivity index (χ3n) is 4.35. The summed E-state index contributed by atoms with van der Waals surface area (Å²) < 4.78 is 1.94. The Hall–Kier alpha value is -3.25. The zero-order valence-corrected chi connectivity index (χ0v) is 16.1. The van der Waals surface area contributed by atoms with Crippen LogP contribution < -0.4 is 5.32 Å². The van der Waals surface area contributed by atoms with Gasteiger partial charge in [0.05, 0.1) is 0 Å². The van der Waals surface area contributed by atoms with Gasteiger partial charge in [0.1, 0.15) is 5.69 Å². The second-order valence-electron chi connectivity index (χ2n) is 6.33. The molecular weight excluding hydrogens is 372 g/mol. The van der Waals surface area contributed by atoms with E-state index >= 15 is 0 Å². The Morgan fingerprint density at radius 3 is 2.71 bits per heavy atom. The van der Waals surface area contributed by atoms with E-state index in [0.717, 1.165) is 34.8 Å². The lowest BCUT2D eigenvalue weighted by atomic mass is 10.1. The molecule has 3 heterocycles. The number of rotatable bonds is 6. The highest BCUT2D eigenvalue weighted by Gasteiger charge is 2.15. The Kier molecular flexibility index (Phi) is 5.30. The Morgan fingerprint density at radius 2 is 1.96 bits per heavy atom. The summed E-state index contributed by atoms with van der Waals surface area (Å²) in [6.45, 7) is 0.688. The number of nitrogens with zero attached hydrogens (tertiary/aromatic N) is 5. The van der Waals surface area contributed by atoms with Crippen LogP contribution in [0.5, 0.6) is 0 Å². The van der Waals surface area contributed by atoms with E-state index in [9.17, 15) is 0 Å². The first kappa shape index (κ1) is 18.1. The topological polar surface area (TPSA) is 68.5 Å². The molecule has 7 heteroatoms. The number of benzene rings is 1. The molecule has 28 heavy (non-hydrogen) atoms. The molecule has 0 atom stereocenters. The van der Waals surface area contributed by atoms with E-state index < -0.39 is 0 Å². The minimum Gasteiger partial charge on any atom is -0.354 e. The fourth-order valence-electron chi connectivity index (χ4n) is 2.95. The maximum atomic E-state index is 6.18. The standard InChI is InChI=1S/C21H19ClN6/c1-28-12-11-24-20(28)19-18(15-5-4-6-16(22)13-15)14-26-21(27-19)25-10-8-17-7-2-3-9-23-17/h2-7,9,11-14H,8,10H2,1H3,(H,25,26,27). The Bertz CT molecular complexity index is 1080. The molecule has 0 unspecified atom stereocenters. The normalized spacial score (nSPS) is 10.8. The van der Waals surface area contributed by atoms with Crippen molar-refractivity contribution in [3.05, 3.63) is 78.0 Å². The van der Waals surface area contributed by atoms with Gasteiger partial charge < -0.3 is 9.88 Å². The Labute approximate surface area is 168 Å². The SMILES string of the molecule is Cn1ccnc1-c1nc(NCCc2ccccn2)ncc1-c1cccc(Cl)c1. The van der Waals surface area contributed by atoms with Crippen molar-refractivity contribution in [3.63, 3.8) is 0 Å². The van der Waals surface area contributed by atoms with E-state index in [2.05, 4.69) is 20.3 Å². The summed E-state index contributed by atoms with van der Waals surface area (Å²) in [6.07, 6.45) is 8.05. The molecule has 6 nitrogen and oxygen atoms in total. The lowest BCUT2D eigenvalue weighted by molar-refractivity contribution is 0.910. The number of anilines is 1. The first-order valence-electron chi connectivity index (χ1n) is 8.95. The van der Waals surface area contributed by atoms with Gasteiger partial charge in [-0.2, -0.15) is 0 Å². The number of aromatic nitrogens is 5. The van der Waals surface area contributed by atoms with Crippen molar-refractivity contribution in [2.75, 3.05) is 11.9 Å². The van der Waals surface area contributed by atoms with Crippen LogP contribution in [0.3, 0.4) is 0 Å². The molecule has 3 aromatic heterocycles. The summed E-state index contributed by atoms with van der Waals surface area (Å²) in [4.78, 5) is 18.0. The number of aryl methyl sites for hydroxylation is 1. The number of hydrogen-bond donors (Lipinski definition) is 1. The van der Waals surface area contributed by atoms with Crippen molar-refractivity contribution in [1.82, 2.24) is 24.5 Å². The summed E-state index contributed by atoms with van der Waals surface area (Å²) >= 11 is 6.18. The van der Waals surface area contributed by atoms with Crippen LogP contribution in [0.4, 0.5) is 5.95 Å². The molecule has 0 aliphatic rings. The van der Waals surface area contributed by atoms with Gasteiger partial charge >= 0.3 is 0 Å². The molecule has 4 rings (SSSR count). The second kappa shape index (κ2) is 8.19. The second-order valence-corrected chi connectivity index (χ2v) is 6.76. The average molecular weight is 391 g/mol. The van der Waals surface area contributed by atoms with Crippen molar-refractivity contribution in [2.24, 2.45) is 7.05 Å². The summed E-state index contributed by atoms with van der Waals surface area (Å²) in [7, 11) is 1.94. The zero-order valence-electron chi connectivity index (χ0n) is 15.4. The van der Waals surface area contributed by atoms with Crippen LogP contribution in [0, 0.1) is 0 Å². The molecule has 0 saturated carbocycles. The van der Waals surface area contributed by atoms with E-state index in [1.54, 1.807) is 12.4 Å². The minimum absolute atomic E-state index is 0.555. The molecule has 1 aromatic carbocycles. The molecule has 0 aliphatic heterocycles. The third-order valence-corrected chi connectivity index (χ3v) is 4.58. The molecule has 0 bridgehead atoms. The Morgan fingerprint density at radius 1 is 1.04 bits per heavy atom. The van der Waals surface area contributed by atoms with Crippen LogP contribution in [0.2, 0.25) is 5.02 Å². The highest BCUT2D eigenvalue weighted by molar-refractivity contribution is 6.30. The van der Waals surface area contributed by atoms with Gasteiger partial charge in [0.15, 0.2) is 5.82 Å². The van der Waals surface area contributed by atoms with Gasteiger partial charge in [-0.25, -0.2) is 15.0 Å². The maximum absolute atomic E-state index is 6.18. The van der Waals surface area contributed by atoms with E-state index in [-0.39, 0.29) is 0 Å². The first-order valence-corrected chi connectivity index (χ1v) is 9.33. The molecule has 140 valence electrons. The van der Waals surface area contributed by atoms with Crippen molar-refractivity contribution in [2.45, 2.75) is 6.42 Å². The lowest BCUT2D eigenvalue weighted by Crippen LogP contribution is -2.10. The van der Waals surface area contributed by atoms with Crippen LogP contribution in [0.15, 0.2) is 67.3 Å². The summed E-state index contributed by atoms with van der Waals surface area (Å²) in [5.41, 5.74) is 3.61. The van der Waals surface area contributed by atoms with Crippen LogP contribution in [0.25, 0.3) is 22.6 Å². The van der Waals surface area contributed by atoms with Crippen molar-refractivity contribution in [3.8, 4) is 22.6 Å². The first-order chi connectivity index (χ1) is 13.7. The quantitative estimate of drug-likeness (QED) is 0.533. The van der Waals surface area contributed by atoms with E-state index in [0.29, 0.717) is 17.5 Å². The van der Waals surface area contributed by atoms with Crippen molar-refractivity contribution >= 4 is 17.5 Å². The number of halogens is 1. The van der Waals surface area contributed by atoms with Gasteiger partial charge in [-0.1, -0.05) is 29.8 Å². The number of imidazole rings is 1. The highest BCUT2D eigenvalue weighted by Crippen LogP contribution is 2.31. The molecule has 0 fully saturated rings. The largest absolute Gasteiger partial charge is 0.354 e. The number of hydrogen-bond acceptors (Lipinski definition) is 5. The van der Waals surface area contributed by atoms with Gasteiger partial charge in [0.25, 0.3) is 0 Å². The van der Waals surface area contributed by atoms with Gasteiger partial charge in [-0.05, 0) is 29.8 Å². The smallest absolute Gasteiger partial charge is 0.223 e. The predicted octanol–water partition coefficient (Wildman–Crippen LogP) is 4.25. The average Bonchev–Trinajstić information content (AvgIpc) is 3.14.